The predicted octanol–water partition coefficient (Wildman–Crippen LogP) is 5.43. The topological polar surface area (TPSA) is 52.6 Å². The van der Waals surface area contributed by atoms with Crippen LogP contribution in [-0.4, -0.2) is 24.6 Å². The van der Waals surface area contributed by atoms with Gasteiger partial charge in [0.15, 0.2) is 0 Å². The van der Waals surface area contributed by atoms with Crippen LogP contribution in [0.5, 0.6) is 0 Å². The Bertz CT molecular complexity index is 328. The van der Waals surface area contributed by atoms with Crippen LogP contribution in [0.4, 0.5) is 0 Å². The van der Waals surface area contributed by atoms with Gasteiger partial charge in [-0.25, -0.2) is 0 Å². The number of unbranched alkanes of at least 4 members (excludes halogenated alkanes) is 8. The van der Waals surface area contributed by atoms with E-state index in [1.54, 1.807) is 0 Å². The highest BCUT2D eigenvalue weighted by Crippen LogP contribution is 2.12. The lowest BCUT2D eigenvalue weighted by atomic mass is 10.0. The monoisotopic (exact) mass is 342 g/mol. The van der Waals surface area contributed by atoms with Gasteiger partial charge >= 0.3 is 11.9 Å². The molecule has 0 aromatic carbocycles. The number of carbonyl (C=O) groups is 2. The largest absolute Gasteiger partial charge is 0.465 e. The molecule has 0 heterocycles. The van der Waals surface area contributed by atoms with Crippen LogP contribution in [0.3, 0.4) is 0 Å². The summed E-state index contributed by atoms with van der Waals surface area (Å²) in [7, 11) is 0. The molecule has 0 fully saturated rings. The molecule has 0 amide bonds. The Hall–Kier alpha value is -1.06. The van der Waals surface area contributed by atoms with Crippen molar-refractivity contribution in [2.24, 2.45) is 5.92 Å². The second kappa shape index (κ2) is 15.5. The van der Waals surface area contributed by atoms with Crippen LogP contribution < -0.4 is 0 Å². The van der Waals surface area contributed by atoms with Gasteiger partial charge in [0, 0.05) is 0 Å². The third-order valence-electron chi connectivity index (χ3n) is 4.56. The fourth-order valence-electron chi connectivity index (χ4n) is 2.46. The zero-order valence-corrected chi connectivity index (χ0v) is 16.3. The highest BCUT2D eigenvalue weighted by atomic mass is 16.6. The molecule has 0 radical (unpaired) electrons. The molecule has 4 heteroatoms. The Labute approximate surface area is 148 Å². The van der Waals surface area contributed by atoms with Crippen molar-refractivity contribution in [3.05, 3.63) is 0 Å². The molecule has 0 saturated heterocycles. The van der Waals surface area contributed by atoms with E-state index in [0.717, 1.165) is 19.3 Å². The molecule has 0 saturated carbocycles. The molecule has 24 heavy (non-hydrogen) atoms. The van der Waals surface area contributed by atoms with Gasteiger partial charge in [0.2, 0.25) is 0 Å². The number of esters is 2. The molecular weight excluding hydrogens is 304 g/mol. The number of rotatable bonds is 15. The first-order valence-electron chi connectivity index (χ1n) is 9.86. The number of carbonyl (C=O) groups excluding carboxylic acids is 2. The van der Waals surface area contributed by atoms with Crippen LogP contribution in [0.25, 0.3) is 0 Å². The maximum atomic E-state index is 11.6. The van der Waals surface area contributed by atoms with Gasteiger partial charge in [-0.1, -0.05) is 78.6 Å². The van der Waals surface area contributed by atoms with Crippen LogP contribution in [0, 0.1) is 5.92 Å². The summed E-state index contributed by atoms with van der Waals surface area (Å²) < 4.78 is 10.3. The highest BCUT2D eigenvalue weighted by molar-refractivity contribution is 5.91. The lowest BCUT2D eigenvalue weighted by Gasteiger charge is -2.18. The van der Waals surface area contributed by atoms with Crippen molar-refractivity contribution >= 4 is 11.9 Å². The lowest BCUT2D eigenvalue weighted by Crippen LogP contribution is -2.23. The smallest absolute Gasteiger partial charge is 0.317 e. The third kappa shape index (κ3) is 13.4. The molecule has 0 aliphatic carbocycles. The summed E-state index contributed by atoms with van der Waals surface area (Å²) >= 11 is 0. The Kier molecular flexibility index (Phi) is 14.8. The third-order valence-corrected chi connectivity index (χ3v) is 4.56. The Morgan fingerprint density at radius 3 is 1.88 bits per heavy atom. The molecule has 0 aromatic heterocycles. The quantitative estimate of drug-likeness (QED) is 0.226. The van der Waals surface area contributed by atoms with E-state index in [0.29, 0.717) is 12.5 Å². The number of hydrogen-bond acceptors (Lipinski definition) is 4. The zero-order chi connectivity index (χ0) is 18.2. The summed E-state index contributed by atoms with van der Waals surface area (Å²) in [4.78, 5) is 23.2. The van der Waals surface area contributed by atoms with Crippen molar-refractivity contribution < 1.29 is 19.1 Å². The summed E-state index contributed by atoms with van der Waals surface area (Å²) in [6.45, 7) is 8.57. The van der Waals surface area contributed by atoms with Crippen molar-refractivity contribution in [3.8, 4) is 0 Å². The van der Waals surface area contributed by atoms with E-state index < -0.39 is 11.9 Å². The molecule has 4 nitrogen and oxygen atoms in total. The molecule has 0 spiro atoms. The molecule has 0 aliphatic heterocycles. The van der Waals surface area contributed by atoms with Crippen molar-refractivity contribution in [2.45, 2.75) is 104 Å². The zero-order valence-electron chi connectivity index (χ0n) is 16.3. The lowest BCUT2D eigenvalue weighted by molar-refractivity contribution is -0.158. The molecule has 0 N–H and O–H groups in total. The average molecular weight is 343 g/mol. The molecule has 0 aliphatic rings. The van der Waals surface area contributed by atoms with E-state index in [4.69, 9.17) is 9.47 Å². The van der Waals surface area contributed by atoms with Crippen molar-refractivity contribution in [1.82, 2.24) is 0 Å². The first-order chi connectivity index (χ1) is 11.5. The average Bonchev–Trinajstić information content (AvgIpc) is 2.55. The van der Waals surface area contributed by atoms with Crippen LogP contribution in [0.2, 0.25) is 0 Å². The Balaban J connectivity index is 3.51. The number of ether oxygens (including phenoxy) is 2. The molecular formula is C20H38O4. The van der Waals surface area contributed by atoms with E-state index in [1.165, 1.54) is 44.9 Å². The predicted molar refractivity (Wildman–Crippen MR) is 97.8 cm³/mol. The van der Waals surface area contributed by atoms with Crippen LogP contribution >= 0.6 is 0 Å². The van der Waals surface area contributed by atoms with E-state index in [2.05, 4.69) is 13.8 Å². The molecule has 2 unspecified atom stereocenters. The molecule has 142 valence electrons. The van der Waals surface area contributed by atoms with Gasteiger partial charge in [-0.3, -0.25) is 9.59 Å². The first-order valence-corrected chi connectivity index (χ1v) is 9.86. The Morgan fingerprint density at radius 2 is 1.33 bits per heavy atom. The molecule has 0 bridgehead atoms. The second-order valence-electron chi connectivity index (χ2n) is 6.81. The fourth-order valence-corrected chi connectivity index (χ4v) is 2.46. The Morgan fingerprint density at radius 1 is 0.792 bits per heavy atom. The van der Waals surface area contributed by atoms with E-state index in [9.17, 15) is 9.59 Å². The summed E-state index contributed by atoms with van der Waals surface area (Å²) in [5, 5.41) is 0. The van der Waals surface area contributed by atoms with Crippen molar-refractivity contribution in [3.63, 3.8) is 0 Å². The van der Waals surface area contributed by atoms with Gasteiger partial charge in [0.25, 0.3) is 0 Å². The molecule has 0 aromatic rings. The van der Waals surface area contributed by atoms with E-state index >= 15 is 0 Å². The molecule has 0 rings (SSSR count). The van der Waals surface area contributed by atoms with Crippen LogP contribution in [0.15, 0.2) is 0 Å². The van der Waals surface area contributed by atoms with Gasteiger partial charge < -0.3 is 9.47 Å². The fraction of sp³-hybridized carbons (Fsp3) is 0.900. The van der Waals surface area contributed by atoms with Gasteiger partial charge in [-0.05, 0) is 19.3 Å². The normalized spacial score (nSPS) is 13.3. The first kappa shape index (κ1) is 22.9. The second-order valence-corrected chi connectivity index (χ2v) is 6.81. The van der Waals surface area contributed by atoms with E-state index in [-0.39, 0.29) is 12.5 Å². The van der Waals surface area contributed by atoms with Crippen molar-refractivity contribution in [1.29, 1.82) is 0 Å². The highest BCUT2D eigenvalue weighted by Gasteiger charge is 2.18. The summed E-state index contributed by atoms with van der Waals surface area (Å²) in [5.74, 6) is -0.664. The summed E-state index contributed by atoms with van der Waals surface area (Å²) in [5.41, 5.74) is 0. The van der Waals surface area contributed by atoms with Gasteiger partial charge in [0.05, 0.1) is 6.61 Å². The van der Waals surface area contributed by atoms with Crippen LogP contribution in [0.1, 0.15) is 98.3 Å². The van der Waals surface area contributed by atoms with Gasteiger partial charge in [0.1, 0.15) is 12.5 Å². The maximum absolute atomic E-state index is 11.6. The number of hydrogen-bond donors (Lipinski definition) is 0. The minimum absolute atomic E-state index is 0.160. The minimum Gasteiger partial charge on any atom is -0.465 e. The van der Waals surface area contributed by atoms with Crippen molar-refractivity contribution in [2.75, 3.05) is 6.61 Å². The molecule has 2 atom stereocenters. The summed E-state index contributed by atoms with van der Waals surface area (Å²) in [6, 6.07) is 0. The summed E-state index contributed by atoms with van der Waals surface area (Å²) in [6.07, 6.45) is 11.5. The standard InChI is InChI=1S/C20H38O4/c1-5-7-8-9-10-11-12-13-14-15-23-19(21)16-20(22)24-18(4)17(3)6-2/h17-18H,5-16H2,1-4H3. The minimum atomic E-state index is -0.486. The van der Waals surface area contributed by atoms with E-state index in [1.807, 2.05) is 13.8 Å². The van der Waals surface area contributed by atoms with Crippen LogP contribution in [-0.2, 0) is 19.1 Å². The maximum Gasteiger partial charge on any atom is 0.317 e. The van der Waals surface area contributed by atoms with Gasteiger partial charge in [-0.15, -0.1) is 0 Å². The SMILES string of the molecule is CCCCCCCCCCCOC(=O)CC(=O)OC(C)C(C)CC. The van der Waals surface area contributed by atoms with Gasteiger partial charge in [-0.2, -0.15) is 0 Å².